The van der Waals surface area contributed by atoms with Crippen molar-refractivity contribution in [3.05, 3.63) is 35.4 Å². The number of amides is 3. The van der Waals surface area contributed by atoms with Crippen molar-refractivity contribution in [2.45, 2.75) is 56.7 Å². The van der Waals surface area contributed by atoms with Gasteiger partial charge in [0.2, 0.25) is 11.8 Å². The zero-order chi connectivity index (χ0) is 20.7. The quantitative estimate of drug-likeness (QED) is 0.799. The molecule has 30 heavy (non-hydrogen) atoms. The number of nitrogens with one attached hydrogen (secondary N) is 1. The molecule has 1 saturated carbocycles. The van der Waals surface area contributed by atoms with Crippen LogP contribution in [0.15, 0.2) is 24.3 Å². The number of likely N-dealkylation sites (tertiary alicyclic amines) is 2. The molecular formula is C23H30N4O3. The molecule has 3 heterocycles. The number of benzene rings is 1. The van der Waals surface area contributed by atoms with Gasteiger partial charge in [-0.15, -0.1) is 0 Å². The van der Waals surface area contributed by atoms with Gasteiger partial charge in [0.15, 0.2) is 0 Å². The number of piperidine rings is 1. The number of carbonyl (C=O) groups excluding carboxylic acids is 3. The van der Waals surface area contributed by atoms with Gasteiger partial charge < -0.3 is 20.0 Å². The van der Waals surface area contributed by atoms with Crippen molar-refractivity contribution >= 4 is 17.7 Å². The lowest BCUT2D eigenvalue weighted by Gasteiger charge is -2.36. The highest BCUT2D eigenvalue weighted by molar-refractivity contribution is 6.05. The second-order valence-electron chi connectivity index (χ2n) is 9.01. The van der Waals surface area contributed by atoms with Gasteiger partial charge >= 0.3 is 0 Å². The Labute approximate surface area is 177 Å². The molecule has 160 valence electrons. The molecule has 2 saturated heterocycles. The van der Waals surface area contributed by atoms with E-state index in [1.807, 2.05) is 23.1 Å². The molecule has 1 aromatic carbocycles. The van der Waals surface area contributed by atoms with Crippen LogP contribution in [0.5, 0.6) is 0 Å². The lowest BCUT2D eigenvalue weighted by atomic mass is 10.0. The molecule has 4 aliphatic rings. The number of hydrogen-bond donors (Lipinski definition) is 1. The molecule has 1 atom stereocenters. The summed E-state index contributed by atoms with van der Waals surface area (Å²) in [5.74, 6) is -0.345. The van der Waals surface area contributed by atoms with Crippen LogP contribution in [-0.4, -0.2) is 77.2 Å². The maximum Gasteiger partial charge on any atom is 0.255 e. The fourth-order valence-corrected chi connectivity index (χ4v) is 5.29. The van der Waals surface area contributed by atoms with Gasteiger partial charge in [-0.05, 0) is 63.2 Å². The van der Waals surface area contributed by atoms with Crippen LogP contribution in [0, 0.1) is 0 Å². The SMILES string of the molecule is O=C(NCC(=O)N1CCC(N2CCCC2)CC1)C1c2ccccc2C(=O)N1C1CC1. The van der Waals surface area contributed by atoms with Crippen molar-refractivity contribution in [3.8, 4) is 0 Å². The van der Waals surface area contributed by atoms with E-state index in [0.717, 1.165) is 44.3 Å². The molecule has 1 N–H and O–H groups in total. The molecule has 0 radical (unpaired) electrons. The van der Waals surface area contributed by atoms with E-state index in [-0.39, 0.29) is 30.3 Å². The lowest BCUT2D eigenvalue weighted by molar-refractivity contribution is -0.135. The van der Waals surface area contributed by atoms with Gasteiger partial charge in [0.1, 0.15) is 6.04 Å². The highest BCUT2D eigenvalue weighted by Crippen LogP contribution is 2.41. The van der Waals surface area contributed by atoms with Crippen molar-refractivity contribution in [1.29, 1.82) is 0 Å². The summed E-state index contributed by atoms with van der Waals surface area (Å²) >= 11 is 0. The Balaban J connectivity index is 1.18. The predicted molar refractivity (Wildman–Crippen MR) is 112 cm³/mol. The van der Waals surface area contributed by atoms with E-state index >= 15 is 0 Å². The minimum Gasteiger partial charge on any atom is -0.345 e. The molecule has 0 bridgehead atoms. The Morgan fingerprint density at radius 3 is 2.33 bits per heavy atom. The number of rotatable bonds is 5. The first-order valence-corrected chi connectivity index (χ1v) is 11.3. The van der Waals surface area contributed by atoms with E-state index in [0.29, 0.717) is 11.6 Å². The normalized spacial score (nSPS) is 24.9. The van der Waals surface area contributed by atoms with Crippen molar-refractivity contribution < 1.29 is 14.4 Å². The first kappa shape index (κ1) is 19.5. The van der Waals surface area contributed by atoms with Gasteiger partial charge in [-0.25, -0.2) is 0 Å². The summed E-state index contributed by atoms with van der Waals surface area (Å²) in [6.45, 7) is 3.89. The molecule has 1 aromatic rings. The second-order valence-corrected chi connectivity index (χ2v) is 9.01. The summed E-state index contributed by atoms with van der Waals surface area (Å²) in [5.41, 5.74) is 1.37. The number of hydrogen-bond acceptors (Lipinski definition) is 4. The van der Waals surface area contributed by atoms with Crippen LogP contribution in [0.2, 0.25) is 0 Å². The van der Waals surface area contributed by atoms with Crippen LogP contribution in [0.4, 0.5) is 0 Å². The zero-order valence-corrected chi connectivity index (χ0v) is 17.4. The van der Waals surface area contributed by atoms with Gasteiger partial charge in [-0.3, -0.25) is 14.4 Å². The smallest absolute Gasteiger partial charge is 0.255 e. The van der Waals surface area contributed by atoms with E-state index in [1.165, 1.54) is 25.9 Å². The van der Waals surface area contributed by atoms with Crippen LogP contribution in [-0.2, 0) is 9.59 Å². The first-order valence-electron chi connectivity index (χ1n) is 11.3. The third-order valence-electron chi connectivity index (χ3n) is 7.08. The first-order chi connectivity index (χ1) is 14.6. The van der Waals surface area contributed by atoms with Gasteiger partial charge in [-0.2, -0.15) is 0 Å². The average molecular weight is 411 g/mol. The van der Waals surface area contributed by atoms with Gasteiger partial charge in [0.05, 0.1) is 6.54 Å². The Kier molecular flexibility index (Phi) is 5.23. The molecule has 3 aliphatic heterocycles. The summed E-state index contributed by atoms with van der Waals surface area (Å²) in [6, 6.07) is 7.45. The molecule has 1 unspecified atom stereocenters. The molecule has 7 nitrogen and oxygen atoms in total. The Morgan fingerprint density at radius 1 is 0.933 bits per heavy atom. The summed E-state index contributed by atoms with van der Waals surface area (Å²) in [4.78, 5) is 44.7. The van der Waals surface area contributed by atoms with Crippen LogP contribution >= 0.6 is 0 Å². The largest absolute Gasteiger partial charge is 0.345 e. The number of fused-ring (bicyclic) bond motifs is 1. The third-order valence-corrected chi connectivity index (χ3v) is 7.08. The van der Waals surface area contributed by atoms with Gasteiger partial charge in [0, 0.05) is 30.7 Å². The van der Waals surface area contributed by atoms with Crippen molar-refractivity contribution in [3.63, 3.8) is 0 Å². The molecule has 1 aliphatic carbocycles. The maximum absolute atomic E-state index is 13.0. The van der Waals surface area contributed by atoms with E-state index in [9.17, 15) is 14.4 Å². The van der Waals surface area contributed by atoms with E-state index in [4.69, 9.17) is 0 Å². The maximum atomic E-state index is 13.0. The van der Waals surface area contributed by atoms with E-state index in [2.05, 4.69) is 10.2 Å². The minimum absolute atomic E-state index is 0.00141. The van der Waals surface area contributed by atoms with Crippen molar-refractivity contribution in [2.24, 2.45) is 0 Å². The summed E-state index contributed by atoms with van der Waals surface area (Å²) < 4.78 is 0. The molecule has 7 heteroatoms. The van der Waals surface area contributed by atoms with Crippen LogP contribution < -0.4 is 5.32 Å². The monoisotopic (exact) mass is 410 g/mol. The van der Waals surface area contributed by atoms with Crippen LogP contribution in [0.3, 0.4) is 0 Å². The Bertz CT molecular complexity index is 839. The molecule has 5 rings (SSSR count). The second kappa shape index (κ2) is 8.02. The summed E-state index contributed by atoms with van der Waals surface area (Å²) in [5, 5.41) is 2.83. The molecule has 0 spiro atoms. The third kappa shape index (κ3) is 3.60. The van der Waals surface area contributed by atoms with Gasteiger partial charge in [0.25, 0.3) is 5.91 Å². The number of nitrogens with zero attached hydrogens (tertiary/aromatic N) is 3. The lowest BCUT2D eigenvalue weighted by Crippen LogP contribution is -2.49. The average Bonchev–Trinajstić information content (AvgIpc) is 3.37. The molecule has 3 fully saturated rings. The molecule has 0 aromatic heterocycles. The topological polar surface area (TPSA) is 73.0 Å². The number of carbonyl (C=O) groups is 3. The zero-order valence-electron chi connectivity index (χ0n) is 17.4. The summed E-state index contributed by atoms with van der Waals surface area (Å²) in [7, 11) is 0. The standard InChI is InChI=1S/C23H30N4O3/c28-20(26-13-9-16(10-14-26)25-11-3-4-12-25)15-24-22(29)21-18-5-1-2-6-19(18)23(30)27(21)17-7-8-17/h1-2,5-6,16-17,21H,3-4,7-15H2,(H,24,29). The van der Waals surface area contributed by atoms with Crippen molar-refractivity contribution in [1.82, 2.24) is 20.0 Å². The van der Waals surface area contributed by atoms with Crippen molar-refractivity contribution in [2.75, 3.05) is 32.7 Å². The molecular weight excluding hydrogens is 380 g/mol. The summed E-state index contributed by atoms with van der Waals surface area (Å²) in [6.07, 6.45) is 6.48. The van der Waals surface area contributed by atoms with E-state index in [1.54, 1.807) is 11.0 Å². The Hall–Kier alpha value is -2.41. The predicted octanol–water partition coefficient (Wildman–Crippen LogP) is 1.55. The van der Waals surface area contributed by atoms with E-state index < -0.39 is 6.04 Å². The van der Waals surface area contributed by atoms with Crippen LogP contribution in [0.25, 0.3) is 0 Å². The molecule has 3 amide bonds. The fourth-order valence-electron chi connectivity index (χ4n) is 5.29. The highest BCUT2D eigenvalue weighted by atomic mass is 16.2. The highest BCUT2D eigenvalue weighted by Gasteiger charge is 2.47. The van der Waals surface area contributed by atoms with Gasteiger partial charge in [-0.1, -0.05) is 18.2 Å². The van der Waals surface area contributed by atoms with Crippen LogP contribution in [0.1, 0.15) is 60.5 Å². The Morgan fingerprint density at radius 2 is 1.63 bits per heavy atom. The fraction of sp³-hybridized carbons (Fsp3) is 0.609. The minimum atomic E-state index is -0.616.